The number of benzene rings is 1. The van der Waals surface area contributed by atoms with Gasteiger partial charge >= 0.3 is 0 Å². The lowest BCUT2D eigenvalue weighted by molar-refractivity contribution is 0.834. The van der Waals surface area contributed by atoms with Gasteiger partial charge in [0.2, 0.25) is 0 Å². The molecule has 0 spiro atoms. The Morgan fingerprint density at radius 3 is 2.17 bits per heavy atom. The number of thiol groups is 1. The normalized spacial score (nSPS) is 13.0. The Morgan fingerprint density at radius 2 is 1.75 bits per heavy atom. The predicted octanol–water partition coefficient (Wildman–Crippen LogP) is 2.92. The largest absolute Gasteiger partial charge is 0.323 e. The molecule has 1 rings (SSSR count). The second-order valence-corrected chi connectivity index (χ2v) is 3.73. The van der Waals surface area contributed by atoms with Crippen molar-refractivity contribution in [2.75, 3.05) is 5.75 Å². The minimum Gasteiger partial charge on any atom is -0.323 e. The summed E-state index contributed by atoms with van der Waals surface area (Å²) in [5.74, 6) is 0.580. The molecule has 0 aliphatic carbocycles. The molecule has 0 heterocycles. The Morgan fingerprint density at radius 1 is 1.25 bits per heavy atom. The zero-order valence-corrected chi connectivity index (χ0v) is 8.70. The molecular weight excluding hydrogens is 213 g/mol. The average Bonchev–Trinajstić information content (AvgIpc) is 2.01. The average molecular weight is 222 g/mol. The Labute approximate surface area is 87.3 Å². The van der Waals surface area contributed by atoms with Gasteiger partial charge in [-0.1, -0.05) is 23.2 Å². The fraction of sp³-hybridized carbons (Fsp3) is 0.250. The molecule has 1 unspecified atom stereocenters. The van der Waals surface area contributed by atoms with Crippen LogP contribution in [0.1, 0.15) is 11.6 Å². The van der Waals surface area contributed by atoms with E-state index in [0.29, 0.717) is 15.8 Å². The number of halogens is 2. The van der Waals surface area contributed by atoms with E-state index in [4.69, 9.17) is 28.9 Å². The topological polar surface area (TPSA) is 26.0 Å². The maximum Gasteiger partial charge on any atom is 0.0424 e. The maximum absolute atomic E-state index is 5.79. The van der Waals surface area contributed by atoms with Crippen molar-refractivity contribution in [1.82, 2.24) is 0 Å². The van der Waals surface area contributed by atoms with Crippen molar-refractivity contribution in [3.8, 4) is 0 Å². The number of hydrogen-bond donors (Lipinski definition) is 2. The van der Waals surface area contributed by atoms with E-state index >= 15 is 0 Å². The minimum atomic E-state index is -0.107. The van der Waals surface area contributed by atoms with Gasteiger partial charge in [-0.25, -0.2) is 0 Å². The first-order valence-electron chi connectivity index (χ1n) is 3.46. The highest BCUT2D eigenvalue weighted by atomic mass is 35.5. The molecule has 1 aromatic rings. The molecule has 0 fully saturated rings. The standard InChI is InChI=1S/C8H9Cl2NS/c9-6-1-5(8(11)4-12)2-7(10)3-6/h1-3,8,12H,4,11H2. The summed E-state index contributed by atoms with van der Waals surface area (Å²) in [5, 5.41) is 1.21. The Hall–Kier alpha value is 0.110. The van der Waals surface area contributed by atoms with E-state index in [2.05, 4.69) is 12.6 Å². The molecule has 0 aromatic heterocycles. The number of hydrogen-bond acceptors (Lipinski definition) is 2. The van der Waals surface area contributed by atoms with Crippen LogP contribution in [0.3, 0.4) is 0 Å². The second-order valence-electron chi connectivity index (χ2n) is 2.49. The molecule has 1 aromatic carbocycles. The summed E-state index contributed by atoms with van der Waals surface area (Å²) in [6.45, 7) is 0. The lowest BCUT2D eigenvalue weighted by Gasteiger charge is -2.09. The number of rotatable bonds is 2. The van der Waals surface area contributed by atoms with E-state index in [1.54, 1.807) is 18.2 Å². The van der Waals surface area contributed by atoms with Crippen LogP contribution >= 0.6 is 35.8 Å². The SMILES string of the molecule is NC(CS)c1cc(Cl)cc(Cl)c1. The summed E-state index contributed by atoms with van der Waals surface area (Å²) < 4.78 is 0. The molecule has 0 amide bonds. The first-order chi connectivity index (χ1) is 5.63. The molecule has 0 bridgehead atoms. The molecule has 0 saturated carbocycles. The van der Waals surface area contributed by atoms with Crippen LogP contribution in [-0.4, -0.2) is 5.75 Å². The molecule has 0 saturated heterocycles. The summed E-state index contributed by atoms with van der Waals surface area (Å²) in [7, 11) is 0. The van der Waals surface area contributed by atoms with E-state index in [1.807, 2.05) is 0 Å². The van der Waals surface area contributed by atoms with Gasteiger partial charge in [-0.05, 0) is 23.8 Å². The smallest absolute Gasteiger partial charge is 0.0424 e. The fourth-order valence-corrected chi connectivity index (χ4v) is 1.65. The lowest BCUT2D eigenvalue weighted by Crippen LogP contribution is -2.11. The van der Waals surface area contributed by atoms with Crippen molar-refractivity contribution >= 4 is 35.8 Å². The van der Waals surface area contributed by atoms with E-state index in [9.17, 15) is 0 Å². The Bertz CT molecular complexity index is 258. The van der Waals surface area contributed by atoms with Crippen LogP contribution in [0.15, 0.2) is 18.2 Å². The molecule has 4 heteroatoms. The first-order valence-corrected chi connectivity index (χ1v) is 4.84. The monoisotopic (exact) mass is 221 g/mol. The summed E-state index contributed by atoms with van der Waals surface area (Å²) in [4.78, 5) is 0. The molecular formula is C8H9Cl2NS. The van der Waals surface area contributed by atoms with E-state index in [-0.39, 0.29) is 6.04 Å². The predicted molar refractivity (Wildman–Crippen MR) is 57.2 cm³/mol. The quantitative estimate of drug-likeness (QED) is 0.739. The van der Waals surface area contributed by atoms with Gasteiger partial charge in [-0.3, -0.25) is 0 Å². The van der Waals surface area contributed by atoms with Gasteiger partial charge in [0.1, 0.15) is 0 Å². The van der Waals surface area contributed by atoms with Crippen LogP contribution in [0, 0.1) is 0 Å². The van der Waals surface area contributed by atoms with Crippen molar-refractivity contribution < 1.29 is 0 Å². The molecule has 66 valence electrons. The van der Waals surface area contributed by atoms with Gasteiger partial charge in [-0.2, -0.15) is 12.6 Å². The summed E-state index contributed by atoms with van der Waals surface area (Å²) in [6.07, 6.45) is 0. The first kappa shape index (κ1) is 10.2. The molecule has 0 aliphatic heterocycles. The van der Waals surface area contributed by atoms with Crippen molar-refractivity contribution in [1.29, 1.82) is 0 Å². The summed E-state index contributed by atoms with van der Waals surface area (Å²) in [6, 6.07) is 5.17. The maximum atomic E-state index is 5.79. The molecule has 1 atom stereocenters. The highest BCUT2D eigenvalue weighted by Gasteiger charge is 2.05. The highest BCUT2D eigenvalue weighted by Crippen LogP contribution is 2.22. The fourth-order valence-electron chi connectivity index (χ4n) is 0.895. The van der Waals surface area contributed by atoms with Crippen LogP contribution < -0.4 is 5.73 Å². The van der Waals surface area contributed by atoms with Crippen LogP contribution in [0.5, 0.6) is 0 Å². The minimum absolute atomic E-state index is 0.107. The molecule has 12 heavy (non-hydrogen) atoms. The van der Waals surface area contributed by atoms with E-state index in [1.165, 1.54) is 0 Å². The van der Waals surface area contributed by atoms with Gasteiger partial charge in [0, 0.05) is 21.8 Å². The van der Waals surface area contributed by atoms with Crippen molar-refractivity contribution in [2.24, 2.45) is 5.73 Å². The highest BCUT2D eigenvalue weighted by molar-refractivity contribution is 7.80. The third-order valence-corrected chi connectivity index (χ3v) is 2.34. The van der Waals surface area contributed by atoms with Crippen LogP contribution in [-0.2, 0) is 0 Å². The Balaban J connectivity index is 3.00. The van der Waals surface area contributed by atoms with Gasteiger partial charge < -0.3 is 5.73 Å². The zero-order chi connectivity index (χ0) is 9.14. The van der Waals surface area contributed by atoms with Crippen molar-refractivity contribution in [3.63, 3.8) is 0 Å². The molecule has 1 nitrogen and oxygen atoms in total. The van der Waals surface area contributed by atoms with Gasteiger partial charge in [0.05, 0.1) is 0 Å². The zero-order valence-electron chi connectivity index (χ0n) is 6.30. The number of nitrogens with two attached hydrogens (primary N) is 1. The third kappa shape index (κ3) is 2.56. The Kier molecular flexibility index (Phi) is 3.72. The van der Waals surface area contributed by atoms with Gasteiger partial charge in [-0.15, -0.1) is 0 Å². The summed E-state index contributed by atoms with van der Waals surface area (Å²) >= 11 is 15.7. The van der Waals surface area contributed by atoms with Crippen molar-refractivity contribution in [3.05, 3.63) is 33.8 Å². The van der Waals surface area contributed by atoms with Gasteiger partial charge in [0.25, 0.3) is 0 Å². The third-order valence-electron chi connectivity index (χ3n) is 1.51. The van der Waals surface area contributed by atoms with Crippen LogP contribution in [0.25, 0.3) is 0 Å². The lowest BCUT2D eigenvalue weighted by atomic mass is 10.1. The van der Waals surface area contributed by atoms with E-state index in [0.717, 1.165) is 5.56 Å². The molecule has 0 aliphatic rings. The molecule has 2 N–H and O–H groups in total. The van der Waals surface area contributed by atoms with E-state index < -0.39 is 0 Å². The van der Waals surface area contributed by atoms with Gasteiger partial charge in [0.15, 0.2) is 0 Å². The molecule has 0 radical (unpaired) electrons. The van der Waals surface area contributed by atoms with Crippen LogP contribution in [0.4, 0.5) is 0 Å². The second kappa shape index (κ2) is 4.38. The summed E-state index contributed by atoms with van der Waals surface area (Å²) in [5.41, 5.74) is 6.66. The van der Waals surface area contributed by atoms with Crippen molar-refractivity contribution in [2.45, 2.75) is 6.04 Å². The van der Waals surface area contributed by atoms with Crippen LogP contribution in [0.2, 0.25) is 10.0 Å².